The minimum Gasteiger partial charge on any atom is -0.479 e. The van der Waals surface area contributed by atoms with Crippen LogP contribution < -0.4 is 0 Å². The Morgan fingerprint density at radius 1 is 1.32 bits per heavy atom. The number of hydrogen-bond donors (Lipinski definition) is 2. The van der Waals surface area contributed by atoms with Crippen LogP contribution in [0, 0.1) is 0 Å². The molecule has 0 radical (unpaired) electrons. The van der Waals surface area contributed by atoms with Gasteiger partial charge in [-0.25, -0.2) is 13.6 Å². The van der Waals surface area contributed by atoms with Crippen LogP contribution in [0.5, 0.6) is 0 Å². The molecule has 7 heteroatoms. The predicted octanol–water partition coefficient (Wildman–Crippen LogP) is 2.09. The Morgan fingerprint density at radius 2 is 1.95 bits per heavy atom. The molecule has 0 saturated heterocycles. The number of benzene rings is 1. The average Bonchev–Trinajstić information content (AvgIpc) is 2.37. The monoisotopic (exact) mass is 292 g/mol. The van der Waals surface area contributed by atoms with Crippen LogP contribution >= 0.6 is 11.6 Å². The molecule has 0 spiro atoms. The Hall–Kier alpha value is -1.53. The smallest absolute Gasteiger partial charge is 0.337 e. The summed E-state index contributed by atoms with van der Waals surface area (Å²) in [7, 11) is 0. The molecule has 0 heterocycles. The second-order valence-corrected chi connectivity index (χ2v) is 4.12. The lowest BCUT2D eigenvalue weighted by Gasteiger charge is -2.13. The van der Waals surface area contributed by atoms with Crippen molar-refractivity contribution >= 4 is 23.4 Å². The number of alkyl halides is 3. The standard InChI is InChI=1S/C12H11ClF2O4/c13-5-8(16)4-7-3-6(11(14)15)1-2-9(7)10(17)12(18)19/h1-3,10-11,17H,4-5H2,(H,18,19). The van der Waals surface area contributed by atoms with Crippen LogP contribution in [0.1, 0.15) is 29.2 Å². The summed E-state index contributed by atoms with van der Waals surface area (Å²) in [5.74, 6) is -2.29. The van der Waals surface area contributed by atoms with E-state index in [9.17, 15) is 23.5 Å². The zero-order chi connectivity index (χ0) is 14.6. The number of rotatable bonds is 6. The first-order valence-corrected chi connectivity index (χ1v) is 5.79. The van der Waals surface area contributed by atoms with E-state index in [0.717, 1.165) is 18.2 Å². The van der Waals surface area contributed by atoms with Gasteiger partial charge < -0.3 is 10.2 Å². The van der Waals surface area contributed by atoms with E-state index >= 15 is 0 Å². The Kier molecular flexibility index (Phi) is 5.38. The maximum Gasteiger partial charge on any atom is 0.337 e. The van der Waals surface area contributed by atoms with Gasteiger partial charge >= 0.3 is 5.97 Å². The van der Waals surface area contributed by atoms with Crippen LogP contribution in [0.15, 0.2) is 18.2 Å². The first kappa shape index (κ1) is 15.5. The van der Waals surface area contributed by atoms with Gasteiger partial charge in [0.1, 0.15) is 0 Å². The van der Waals surface area contributed by atoms with E-state index in [-0.39, 0.29) is 29.0 Å². The lowest BCUT2D eigenvalue weighted by atomic mass is 9.96. The van der Waals surface area contributed by atoms with Crippen LogP contribution in [0.3, 0.4) is 0 Å². The number of aliphatic carboxylic acids is 1. The molecule has 0 aliphatic rings. The van der Waals surface area contributed by atoms with E-state index in [1.54, 1.807) is 0 Å². The highest BCUT2D eigenvalue weighted by Crippen LogP contribution is 2.26. The van der Waals surface area contributed by atoms with Crippen LogP contribution in [0.4, 0.5) is 8.78 Å². The molecule has 0 aromatic heterocycles. The van der Waals surface area contributed by atoms with Crippen LogP contribution in [-0.4, -0.2) is 27.8 Å². The molecule has 0 saturated carbocycles. The van der Waals surface area contributed by atoms with E-state index in [4.69, 9.17) is 16.7 Å². The van der Waals surface area contributed by atoms with Gasteiger partial charge in [-0.3, -0.25) is 4.79 Å². The average molecular weight is 293 g/mol. The molecule has 0 aliphatic heterocycles. The molecular formula is C12H11ClF2O4. The number of halogens is 3. The second kappa shape index (κ2) is 6.58. The molecule has 104 valence electrons. The fraction of sp³-hybridized carbons (Fsp3) is 0.333. The molecule has 1 aromatic rings. The second-order valence-electron chi connectivity index (χ2n) is 3.85. The predicted molar refractivity (Wildman–Crippen MR) is 63.4 cm³/mol. The SMILES string of the molecule is O=C(CCl)Cc1cc(C(F)F)ccc1C(O)C(=O)O. The normalized spacial score (nSPS) is 12.5. The molecule has 4 nitrogen and oxygen atoms in total. The Labute approximate surface area is 112 Å². The Balaban J connectivity index is 3.21. The lowest BCUT2D eigenvalue weighted by Crippen LogP contribution is -2.15. The number of carbonyl (C=O) groups is 2. The van der Waals surface area contributed by atoms with Gasteiger partial charge in [0.15, 0.2) is 11.9 Å². The van der Waals surface area contributed by atoms with Crippen LogP contribution in [0.25, 0.3) is 0 Å². The molecule has 1 atom stereocenters. The van der Waals surface area contributed by atoms with Gasteiger partial charge in [0.2, 0.25) is 0 Å². The highest BCUT2D eigenvalue weighted by Gasteiger charge is 2.22. The van der Waals surface area contributed by atoms with Gasteiger partial charge in [-0.15, -0.1) is 11.6 Å². The van der Waals surface area contributed by atoms with E-state index in [1.807, 2.05) is 0 Å². The van der Waals surface area contributed by atoms with Crippen molar-refractivity contribution < 1.29 is 28.6 Å². The Bertz CT molecular complexity index is 491. The van der Waals surface area contributed by atoms with E-state index in [0.29, 0.717) is 0 Å². The van der Waals surface area contributed by atoms with Gasteiger partial charge in [-0.1, -0.05) is 12.1 Å². The minimum absolute atomic E-state index is 0.0401. The van der Waals surface area contributed by atoms with Gasteiger partial charge in [-0.2, -0.15) is 0 Å². The molecule has 0 bridgehead atoms. The fourth-order valence-corrected chi connectivity index (χ4v) is 1.67. The maximum absolute atomic E-state index is 12.6. The molecule has 0 fully saturated rings. The molecule has 1 unspecified atom stereocenters. The summed E-state index contributed by atoms with van der Waals surface area (Å²) in [6, 6.07) is 3.11. The third kappa shape index (κ3) is 3.97. The van der Waals surface area contributed by atoms with Crippen molar-refractivity contribution in [3.63, 3.8) is 0 Å². The van der Waals surface area contributed by atoms with Gasteiger partial charge in [0.25, 0.3) is 6.43 Å². The number of aliphatic hydroxyl groups excluding tert-OH is 1. The topological polar surface area (TPSA) is 74.6 Å². The summed E-state index contributed by atoms with van der Waals surface area (Å²) in [4.78, 5) is 22.0. The number of hydrogen-bond acceptors (Lipinski definition) is 3. The highest BCUT2D eigenvalue weighted by atomic mass is 35.5. The lowest BCUT2D eigenvalue weighted by molar-refractivity contribution is -0.147. The highest BCUT2D eigenvalue weighted by molar-refractivity contribution is 6.27. The fourth-order valence-electron chi connectivity index (χ4n) is 1.57. The molecule has 1 rings (SSSR count). The van der Waals surface area contributed by atoms with Gasteiger partial charge in [0.05, 0.1) is 5.88 Å². The van der Waals surface area contributed by atoms with Crippen molar-refractivity contribution in [3.05, 3.63) is 34.9 Å². The number of carboxylic acids is 1. The number of Topliss-reactive ketones (excluding diaryl/α,β-unsaturated/α-hetero) is 1. The number of carboxylic acid groups (broad SMARTS) is 1. The van der Waals surface area contributed by atoms with E-state index < -0.39 is 24.3 Å². The first-order chi connectivity index (χ1) is 8.86. The molecular weight excluding hydrogens is 282 g/mol. The van der Waals surface area contributed by atoms with Gasteiger partial charge in [-0.05, 0) is 17.2 Å². The molecule has 2 N–H and O–H groups in total. The first-order valence-electron chi connectivity index (χ1n) is 5.26. The van der Waals surface area contributed by atoms with Crippen LogP contribution in [-0.2, 0) is 16.0 Å². The van der Waals surface area contributed by atoms with Crippen molar-refractivity contribution in [2.75, 3.05) is 5.88 Å². The maximum atomic E-state index is 12.6. The van der Waals surface area contributed by atoms with Crippen molar-refractivity contribution in [2.45, 2.75) is 19.0 Å². The summed E-state index contributed by atoms with van der Waals surface area (Å²) >= 11 is 5.32. The summed E-state index contributed by atoms with van der Waals surface area (Å²) in [5.41, 5.74) is -0.396. The molecule has 1 aromatic carbocycles. The zero-order valence-corrected chi connectivity index (χ0v) is 10.4. The summed E-state index contributed by atoms with van der Waals surface area (Å²) in [5, 5.41) is 18.2. The number of carbonyl (C=O) groups excluding carboxylic acids is 1. The van der Waals surface area contributed by atoms with Crippen molar-refractivity contribution in [1.29, 1.82) is 0 Å². The minimum atomic E-state index is -2.75. The molecule has 19 heavy (non-hydrogen) atoms. The quantitative estimate of drug-likeness (QED) is 0.787. The third-order valence-corrected chi connectivity index (χ3v) is 2.78. The summed E-state index contributed by atoms with van der Waals surface area (Å²) < 4.78 is 25.1. The molecule has 0 aliphatic carbocycles. The summed E-state index contributed by atoms with van der Waals surface area (Å²) in [6.07, 6.45) is -4.92. The van der Waals surface area contributed by atoms with Crippen molar-refractivity contribution in [1.82, 2.24) is 0 Å². The van der Waals surface area contributed by atoms with Crippen molar-refractivity contribution in [2.24, 2.45) is 0 Å². The van der Waals surface area contributed by atoms with Crippen molar-refractivity contribution in [3.8, 4) is 0 Å². The van der Waals surface area contributed by atoms with E-state index in [1.165, 1.54) is 0 Å². The van der Waals surface area contributed by atoms with Crippen LogP contribution in [0.2, 0.25) is 0 Å². The number of aliphatic hydroxyl groups is 1. The Morgan fingerprint density at radius 3 is 2.42 bits per heavy atom. The molecule has 0 amide bonds. The largest absolute Gasteiger partial charge is 0.479 e. The summed E-state index contributed by atoms with van der Waals surface area (Å²) in [6.45, 7) is 0. The van der Waals surface area contributed by atoms with E-state index in [2.05, 4.69) is 0 Å². The third-order valence-electron chi connectivity index (χ3n) is 2.48. The van der Waals surface area contributed by atoms with Gasteiger partial charge in [0, 0.05) is 12.0 Å². The number of ketones is 1. The zero-order valence-electron chi connectivity index (χ0n) is 9.65.